The van der Waals surface area contributed by atoms with Crippen molar-refractivity contribution in [3.8, 4) is 0 Å². The average molecular weight is 295 g/mol. The number of nitrogens with two attached hydrogens (primary N) is 2. The Morgan fingerprint density at radius 2 is 1.62 bits per heavy atom. The van der Waals surface area contributed by atoms with Crippen LogP contribution in [0, 0.1) is 11.8 Å². The van der Waals surface area contributed by atoms with Gasteiger partial charge >= 0.3 is 0 Å². The summed E-state index contributed by atoms with van der Waals surface area (Å²) >= 11 is 0. The van der Waals surface area contributed by atoms with Gasteiger partial charge in [-0.3, -0.25) is 9.59 Å². The zero-order valence-electron chi connectivity index (χ0n) is 12.9. The van der Waals surface area contributed by atoms with Gasteiger partial charge in [-0.1, -0.05) is 32.1 Å². The first kappa shape index (κ1) is 16.3. The number of rotatable bonds is 5. The Kier molecular flexibility index (Phi) is 6.03. The van der Waals surface area contributed by atoms with Gasteiger partial charge in [0, 0.05) is 19.5 Å². The third kappa shape index (κ3) is 4.99. The predicted octanol–water partition coefficient (Wildman–Crippen LogP) is 1.40. The van der Waals surface area contributed by atoms with Crippen LogP contribution in [0.3, 0.4) is 0 Å². The quantitative estimate of drug-likeness (QED) is 0.803. The minimum Gasteiger partial charge on any atom is -0.370 e. The summed E-state index contributed by atoms with van der Waals surface area (Å²) < 4.78 is 0. The highest BCUT2D eigenvalue weighted by molar-refractivity contribution is 5.81. The molecule has 0 radical (unpaired) electrons. The number of amides is 2. The van der Waals surface area contributed by atoms with Crippen molar-refractivity contribution in [2.24, 2.45) is 23.3 Å². The Balaban J connectivity index is 1.74. The number of hydrogen-bond donors (Lipinski definition) is 2. The zero-order valence-corrected chi connectivity index (χ0v) is 12.9. The lowest BCUT2D eigenvalue weighted by molar-refractivity contribution is -0.134. The van der Waals surface area contributed by atoms with Gasteiger partial charge in [0.25, 0.3) is 0 Å². The molecule has 5 heteroatoms. The summed E-state index contributed by atoms with van der Waals surface area (Å²) in [5.74, 6) is 0.818. The molecule has 0 aromatic heterocycles. The van der Waals surface area contributed by atoms with E-state index < -0.39 is 0 Å². The molecule has 2 rings (SSSR count). The Bertz CT molecular complexity index is 359. The van der Waals surface area contributed by atoms with E-state index in [0.29, 0.717) is 18.3 Å². The monoisotopic (exact) mass is 295 g/mol. The number of carbonyl (C=O) groups excluding carboxylic acids is 2. The summed E-state index contributed by atoms with van der Waals surface area (Å²) in [6, 6.07) is -0.346. The van der Waals surface area contributed by atoms with Crippen molar-refractivity contribution in [2.75, 3.05) is 13.1 Å². The van der Waals surface area contributed by atoms with E-state index in [1.165, 1.54) is 32.1 Å². The van der Waals surface area contributed by atoms with Crippen molar-refractivity contribution in [3.63, 3.8) is 0 Å². The van der Waals surface area contributed by atoms with Crippen LogP contribution in [0.25, 0.3) is 0 Å². The van der Waals surface area contributed by atoms with Crippen LogP contribution in [0.5, 0.6) is 0 Å². The molecule has 1 aliphatic heterocycles. The van der Waals surface area contributed by atoms with Gasteiger partial charge in [-0.15, -0.1) is 0 Å². The second kappa shape index (κ2) is 7.78. The number of likely N-dealkylation sites (tertiary alicyclic amines) is 1. The van der Waals surface area contributed by atoms with Crippen LogP contribution in [-0.4, -0.2) is 35.8 Å². The zero-order chi connectivity index (χ0) is 15.2. The fourth-order valence-corrected chi connectivity index (χ4v) is 3.76. The van der Waals surface area contributed by atoms with Gasteiger partial charge in [-0.2, -0.15) is 0 Å². The Hall–Kier alpha value is -1.10. The van der Waals surface area contributed by atoms with Gasteiger partial charge in [-0.05, 0) is 31.1 Å². The second-order valence-corrected chi connectivity index (χ2v) is 6.79. The maximum absolute atomic E-state index is 12.4. The molecule has 2 amide bonds. The molecule has 1 saturated heterocycles. The van der Waals surface area contributed by atoms with Crippen molar-refractivity contribution < 1.29 is 9.59 Å². The Labute approximate surface area is 127 Å². The highest BCUT2D eigenvalue weighted by Gasteiger charge is 2.28. The lowest BCUT2D eigenvalue weighted by Gasteiger charge is -2.34. The van der Waals surface area contributed by atoms with Crippen LogP contribution in [0.1, 0.15) is 57.8 Å². The minimum atomic E-state index is -0.346. The van der Waals surface area contributed by atoms with Crippen LogP contribution in [-0.2, 0) is 9.59 Å². The van der Waals surface area contributed by atoms with Gasteiger partial charge in [0.1, 0.15) is 0 Å². The summed E-state index contributed by atoms with van der Waals surface area (Å²) in [5, 5.41) is 0. The van der Waals surface area contributed by atoms with Gasteiger partial charge < -0.3 is 16.4 Å². The van der Waals surface area contributed by atoms with Crippen LogP contribution < -0.4 is 11.5 Å². The third-order valence-corrected chi connectivity index (χ3v) is 5.05. The van der Waals surface area contributed by atoms with Crippen molar-refractivity contribution in [1.82, 2.24) is 4.90 Å². The molecule has 1 heterocycles. The molecule has 0 aromatic rings. The molecule has 1 saturated carbocycles. The highest BCUT2D eigenvalue weighted by atomic mass is 16.2. The third-order valence-electron chi connectivity index (χ3n) is 5.05. The molecule has 0 bridgehead atoms. The molecule has 4 N–H and O–H groups in total. The van der Waals surface area contributed by atoms with E-state index in [0.717, 1.165) is 32.4 Å². The average Bonchev–Trinajstić information content (AvgIpc) is 2.47. The summed E-state index contributed by atoms with van der Waals surface area (Å²) in [5.41, 5.74) is 11.4. The molecule has 2 aliphatic rings. The maximum atomic E-state index is 12.4. The molecule has 1 unspecified atom stereocenters. The molecule has 2 fully saturated rings. The number of piperidine rings is 1. The minimum absolute atomic E-state index is 0.0955. The smallest absolute Gasteiger partial charge is 0.239 e. The fraction of sp³-hybridized carbons (Fsp3) is 0.875. The molecule has 1 aliphatic carbocycles. The molecule has 0 spiro atoms. The van der Waals surface area contributed by atoms with E-state index in [-0.39, 0.29) is 17.9 Å². The molecular weight excluding hydrogens is 266 g/mol. The fourth-order valence-electron chi connectivity index (χ4n) is 3.76. The van der Waals surface area contributed by atoms with E-state index >= 15 is 0 Å². The van der Waals surface area contributed by atoms with E-state index in [4.69, 9.17) is 11.5 Å². The topological polar surface area (TPSA) is 89.4 Å². The summed E-state index contributed by atoms with van der Waals surface area (Å²) in [6.45, 7) is 1.43. The molecular formula is C16H29N3O2. The van der Waals surface area contributed by atoms with E-state index in [1.807, 2.05) is 4.90 Å². The Morgan fingerprint density at radius 1 is 1.00 bits per heavy atom. The summed E-state index contributed by atoms with van der Waals surface area (Å²) in [4.78, 5) is 25.2. The maximum Gasteiger partial charge on any atom is 0.239 e. The first-order valence-corrected chi connectivity index (χ1v) is 8.39. The van der Waals surface area contributed by atoms with Gasteiger partial charge in [0.15, 0.2) is 0 Å². The van der Waals surface area contributed by atoms with E-state index in [1.54, 1.807) is 0 Å². The van der Waals surface area contributed by atoms with Crippen molar-refractivity contribution in [1.29, 1.82) is 0 Å². The van der Waals surface area contributed by atoms with Crippen molar-refractivity contribution in [3.05, 3.63) is 0 Å². The number of hydrogen-bond acceptors (Lipinski definition) is 3. The van der Waals surface area contributed by atoms with Crippen LogP contribution >= 0.6 is 0 Å². The molecule has 120 valence electrons. The van der Waals surface area contributed by atoms with E-state index in [9.17, 15) is 9.59 Å². The van der Waals surface area contributed by atoms with Gasteiger partial charge in [0.2, 0.25) is 11.8 Å². The lowest BCUT2D eigenvalue weighted by Crippen LogP contribution is -2.48. The first-order chi connectivity index (χ1) is 10.1. The van der Waals surface area contributed by atoms with Crippen LogP contribution in [0.4, 0.5) is 0 Å². The number of carbonyl (C=O) groups is 2. The lowest BCUT2D eigenvalue weighted by atomic mass is 9.84. The molecule has 5 nitrogen and oxygen atoms in total. The standard InChI is InChI=1S/C16H29N3O2/c17-14(10-12-4-2-1-3-5-12)16(21)19-8-6-13(7-9-19)11-15(18)20/h12-14H,1-11,17H2,(H2,18,20). The number of primary amides is 1. The van der Waals surface area contributed by atoms with Gasteiger partial charge in [0.05, 0.1) is 6.04 Å². The molecule has 21 heavy (non-hydrogen) atoms. The van der Waals surface area contributed by atoms with Crippen LogP contribution in [0.2, 0.25) is 0 Å². The highest BCUT2D eigenvalue weighted by Crippen LogP contribution is 2.28. The normalized spacial score (nSPS) is 23.0. The first-order valence-electron chi connectivity index (χ1n) is 8.39. The van der Waals surface area contributed by atoms with E-state index in [2.05, 4.69) is 0 Å². The molecule has 1 atom stereocenters. The number of nitrogens with zero attached hydrogens (tertiary/aromatic N) is 1. The summed E-state index contributed by atoms with van der Waals surface area (Å²) in [7, 11) is 0. The van der Waals surface area contributed by atoms with Crippen molar-refractivity contribution in [2.45, 2.75) is 63.8 Å². The Morgan fingerprint density at radius 3 is 2.19 bits per heavy atom. The van der Waals surface area contributed by atoms with Crippen LogP contribution in [0.15, 0.2) is 0 Å². The molecule has 0 aromatic carbocycles. The second-order valence-electron chi connectivity index (χ2n) is 6.79. The SMILES string of the molecule is NC(=O)CC1CCN(C(=O)C(N)CC2CCCCC2)CC1. The van der Waals surface area contributed by atoms with Crippen molar-refractivity contribution >= 4 is 11.8 Å². The largest absolute Gasteiger partial charge is 0.370 e. The summed E-state index contributed by atoms with van der Waals surface area (Å²) in [6.07, 6.45) is 9.34. The predicted molar refractivity (Wildman–Crippen MR) is 82.3 cm³/mol. The van der Waals surface area contributed by atoms with Gasteiger partial charge in [-0.25, -0.2) is 0 Å².